The fourth-order valence-corrected chi connectivity index (χ4v) is 2.84. The van der Waals surface area contributed by atoms with Crippen LogP contribution in [0.15, 0.2) is 59.9 Å². The van der Waals surface area contributed by atoms with Crippen molar-refractivity contribution in [3.8, 4) is 11.4 Å². The van der Waals surface area contributed by atoms with Gasteiger partial charge in [-0.2, -0.15) is 0 Å². The zero-order valence-corrected chi connectivity index (χ0v) is 19.3. The fourth-order valence-electron chi connectivity index (χ4n) is 2.84. The van der Waals surface area contributed by atoms with Crippen LogP contribution < -0.4 is 15.4 Å². The number of guanidine groups is 1. The Balaban J connectivity index is 0.00000300. The summed E-state index contributed by atoms with van der Waals surface area (Å²) in [6.07, 6.45) is 1.71. The third-order valence-electron chi connectivity index (χ3n) is 4.26. The summed E-state index contributed by atoms with van der Waals surface area (Å²) in [6.45, 7) is 5.80. The average Bonchev–Trinajstić information content (AvgIpc) is 3.19. The molecule has 0 atom stereocenters. The van der Waals surface area contributed by atoms with Gasteiger partial charge in [-0.05, 0) is 37.6 Å². The van der Waals surface area contributed by atoms with E-state index in [4.69, 9.17) is 4.74 Å². The monoisotopic (exact) mass is 506 g/mol. The number of nitrogens with zero attached hydrogens (tertiary/aromatic N) is 4. The lowest BCUT2D eigenvalue weighted by molar-refractivity contribution is 0.336. The SMILES string of the molecule is CCOc1cc(C)ccc1CNC(=NC)NCc1nncn1-c1ccccc1.I. The molecule has 1 aromatic heterocycles. The average molecular weight is 506 g/mol. The van der Waals surface area contributed by atoms with Gasteiger partial charge >= 0.3 is 0 Å². The van der Waals surface area contributed by atoms with Crippen molar-refractivity contribution < 1.29 is 4.74 Å². The van der Waals surface area contributed by atoms with Crippen molar-refractivity contribution in [3.05, 3.63) is 71.8 Å². The first kappa shape index (κ1) is 22.7. The van der Waals surface area contributed by atoms with Crippen LogP contribution in [0.5, 0.6) is 5.75 Å². The molecule has 8 heteroatoms. The highest BCUT2D eigenvalue weighted by atomic mass is 127. The zero-order chi connectivity index (χ0) is 19.8. The second-order valence-corrected chi connectivity index (χ2v) is 6.28. The van der Waals surface area contributed by atoms with Crippen LogP contribution in [0.2, 0.25) is 0 Å². The number of hydrogen-bond donors (Lipinski definition) is 2. The highest BCUT2D eigenvalue weighted by Gasteiger charge is 2.09. The maximum atomic E-state index is 5.75. The van der Waals surface area contributed by atoms with Crippen molar-refractivity contribution in [2.45, 2.75) is 26.9 Å². The summed E-state index contributed by atoms with van der Waals surface area (Å²) in [7, 11) is 1.75. The second-order valence-electron chi connectivity index (χ2n) is 6.28. The molecule has 2 aromatic carbocycles. The number of aliphatic imine (C=N–C) groups is 1. The molecular formula is C21H27IN6O. The Morgan fingerprint density at radius 2 is 1.86 bits per heavy atom. The van der Waals surface area contributed by atoms with E-state index in [1.165, 1.54) is 5.56 Å². The lowest BCUT2D eigenvalue weighted by atomic mass is 10.1. The summed E-state index contributed by atoms with van der Waals surface area (Å²) < 4.78 is 7.70. The molecule has 0 fully saturated rings. The summed E-state index contributed by atoms with van der Waals surface area (Å²) in [6, 6.07) is 16.2. The van der Waals surface area contributed by atoms with Gasteiger partial charge in [0.1, 0.15) is 12.1 Å². The molecule has 2 N–H and O–H groups in total. The minimum absolute atomic E-state index is 0. The lowest BCUT2D eigenvalue weighted by Crippen LogP contribution is -2.37. The third kappa shape index (κ3) is 6.18. The molecule has 0 saturated carbocycles. The van der Waals surface area contributed by atoms with E-state index in [9.17, 15) is 0 Å². The van der Waals surface area contributed by atoms with Gasteiger partial charge in [0.2, 0.25) is 0 Å². The molecule has 0 aliphatic heterocycles. The van der Waals surface area contributed by atoms with Gasteiger partial charge < -0.3 is 15.4 Å². The molecule has 0 aliphatic rings. The minimum Gasteiger partial charge on any atom is -0.494 e. The normalized spacial score (nSPS) is 10.9. The predicted octanol–water partition coefficient (Wildman–Crippen LogP) is 3.46. The molecule has 0 aliphatic carbocycles. The maximum absolute atomic E-state index is 5.75. The Morgan fingerprint density at radius 1 is 1.10 bits per heavy atom. The molecule has 0 unspecified atom stereocenters. The van der Waals surface area contributed by atoms with Gasteiger partial charge in [0, 0.05) is 24.8 Å². The Hall–Kier alpha value is -2.62. The molecule has 0 bridgehead atoms. The fraction of sp³-hybridized carbons (Fsp3) is 0.286. The molecule has 154 valence electrons. The number of para-hydroxylation sites is 1. The zero-order valence-electron chi connectivity index (χ0n) is 16.9. The molecule has 3 aromatic rings. The highest BCUT2D eigenvalue weighted by Crippen LogP contribution is 2.20. The minimum atomic E-state index is 0. The topological polar surface area (TPSA) is 76.4 Å². The quantitative estimate of drug-likeness (QED) is 0.292. The van der Waals surface area contributed by atoms with Crippen molar-refractivity contribution in [3.63, 3.8) is 0 Å². The highest BCUT2D eigenvalue weighted by molar-refractivity contribution is 14.0. The number of rotatable bonds is 7. The van der Waals surface area contributed by atoms with Crippen LogP contribution in [-0.2, 0) is 13.1 Å². The Kier molecular flexibility index (Phi) is 8.91. The molecule has 29 heavy (non-hydrogen) atoms. The van der Waals surface area contributed by atoms with Gasteiger partial charge in [0.15, 0.2) is 11.8 Å². The molecule has 0 radical (unpaired) electrons. The molecule has 0 spiro atoms. The van der Waals surface area contributed by atoms with E-state index in [0.717, 1.165) is 22.8 Å². The largest absolute Gasteiger partial charge is 0.494 e. The van der Waals surface area contributed by atoms with Crippen LogP contribution >= 0.6 is 24.0 Å². The van der Waals surface area contributed by atoms with Crippen LogP contribution in [0, 0.1) is 6.92 Å². The standard InChI is InChI=1S/C21H26N6O.HI/c1-4-28-19-12-16(2)10-11-17(19)13-23-21(22-3)24-14-20-26-25-15-27(20)18-8-6-5-7-9-18;/h5-12,15H,4,13-14H2,1-3H3,(H2,22,23,24);1H. The van der Waals surface area contributed by atoms with Gasteiger partial charge in [0.05, 0.1) is 13.2 Å². The Bertz CT molecular complexity index is 926. The second kappa shape index (κ2) is 11.4. The molecule has 7 nitrogen and oxygen atoms in total. The maximum Gasteiger partial charge on any atom is 0.191 e. The number of halogens is 1. The van der Waals surface area contributed by atoms with E-state index in [1.807, 2.05) is 41.8 Å². The van der Waals surface area contributed by atoms with Crippen molar-refractivity contribution in [1.82, 2.24) is 25.4 Å². The molecule has 0 saturated heterocycles. The molecular weight excluding hydrogens is 479 g/mol. The van der Waals surface area contributed by atoms with Gasteiger partial charge in [-0.3, -0.25) is 9.56 Å². The van der Waals surface area contributed by atoms with Crippen LogP contribution in [0.3, 0.4) is 0 Å². The van der Waals surface area contributed by atoms with E-state index >= 15 is 0 Å². The van der Waals surface area contributed by atoms with Crippen molar-refractivity contribution >= 4 is 29.9 Å². The predicted molar refractivity (Wildman–Crippen MR) is 126 cm³/mol. The van der Waals surface area contributed by atoms with E-state index in [-0.39, 0.29) is 24.0 Å². The van der Waals surface area contributed by atoms with Gasteiger partial charge in [-0.15, -0.1) is 34.2 Å². The summed E-state index contributed by atoms with van der Waals surface area (Å²) in [4.78, 5) is 4.29. The smallest absolute Gasteiger partial charge is 0.191 e. The first-order valence-corrected chi connectivity index (χ1v) is 9.32. The number of aryl methyl sites for hydroxylation is 1. The van der Waals surface area contributed by atoms with E-state index in [2.05, 4.69) is 50.9 Å². The van der Waals surface area contributed by atoms with E-state index in [0.29, 0.717) is 25.7 Å². The van der Waals surface area contributed by atoms with Crippen LogP contribution in [0.25, 0.3) is 5.69 Å². The third-order valence-corrected chi connectivity index (χ3v) is 4.26. The number of hydrogen-bond acceptors (Lipinski definition) is 4. The number of benzene rings is 2. The summed E-state index contributed by atoms with van der Waals surface area (Å²) >= 11 is 0. The first-order chi connectivity index (χ1) is 13.7. The van der Waals surface area contributed by atoms with Crippen molar-refractivity contribution in [1.29, 1.82) is 0 Å². The summed E-state index contributed by atoms with van der Waals surface area (Å²) in [5, 5.41) is 14.9. The number of ether oxygens (including phenoxy) is 1. The van der Waals surface area contributed by atoms with Gasteiger partial charge in [-0.1, -0.05) is 30.3 Å². The summed E-state index contributed by atoms with van der Waals surface area (Å²) in [5.41, 5.74) is 3.28. The lowest BCUT2D eigenvalue weighted by Gasteiger charge is -2.15. The van der Waals surface area contributed by atoms with Crippen LogP contribution in [0.1, 0.15) is 23.9 Å². The van der Waals surface area contributed by atoms with Gasteiger partial charge in [0.25, 0.3) is 0 Å². The number of aromatic nitrogens is 3. The van der Waals surface area contributed by atoms with Gasteiger partial charge in [-0.25, -0.2) is 0 Å². The van der Waals surface area contributed by atoms with Crippen molar-refractivity contribution in [2.24, 2.45) is 4.99 Å². The molecule has 3 rings (SSSR count). The number of nitrogens with one attached hydrogen (secondary N) is 2. The van der Waals surface area contributed by atoms with Crippen LogP contribution in [0.4, 0.5) is 0 Å². The molecule has 0 amide bonds. The molecule has 1 heterocycles. The van der Waals surface area contributed by atoms with E-state index < -0.39 is 0 Å². The summed E-state index contributed by atoms with van der Waals surface area (Å²) in [5.74, 6) is 2.39. The Morgan fingerprint density at radius 3 is 2.59 bits per heavy atom. The first-order valence-electron chi connectivity index (χ1n) is 9.32. The Labute approximate surface area is 188 Å². The van der Waals surface area contributed by atoms with Crippen LogP contribution in [-0.4, -0.2) is 34.4 Å². The van der Waals surface area contributed by atoms with E-state index in [1.54, 1.807) is 13.4 Å². The van der Waals surface area contributed by atoms with Crippen molar-refractivity contribution in [2.75, 3.05) is 13.7 Å².